The van der Waals surface area contributed by atoms with Gasteiger partial charge in [0.15, 0.2) is 6.10 Å². The lowest BCUT2D eigenvalue weighted by atomic mass is 10.1. The minimum atomic E-state index is -0.798. The molecule has 1 atom stereocenters. The molecule has 2 aromatic carbocycles. The maximum absolute atomic E-state index is 12.4. The Hall–Kier alpha value is -3.61. The molecular weight excluding hydrogens is 386 g/mol. The minimum absolute atomic E-state index is 0.359. The van der Waals surface area contributed by atoms with E-state index in [1.54, 1.807) is 49.4 Å². The van der Waals surface area contributed by atoms with Crippen LogP contribution >= 0.6 is 0 Å². The van der Waals surface area contributed by atoms with Crippen molar-refractivity contribution in [3.05, 3.63) is 70.1 Å². The summed E-state index contributed by atoms with van der Waals surface area (Å²) in [6.45, 7) is 5.72. The topological polar surface area (TPSA) is 94.8 Å². The SMILES string of the molecule is CCCOC(=O)c1ccc(NC(=O)[C@H](C)Oc2ccc3c(C)cc(=O)oc3c2)cc1. The molecule has 0 fully saturated rings. The van der Waals surface area contributed by atoms with E-state index in [0.29, 0.717) is 29.2 Å². The summed E-state index contributed by atoms with van der Waals surface area (Å²) in [4.78, 5) is 35.8. The molecule has 0 radical (unpaired) electrons. The maximum Gasteiger partial charge on any atom is 0.338 e. The Morgan fingerprint density at radius 3 is 2.53 bits per heavy atom. The molecule has 0 aliphatic heterocycles. The fourth-order valence-corrected chi connectivity index (χ4v) is 2.85. The zero-order valence-corrected chi connectivity index (χ0v) is 17.1. The van der Waals surface area contributed by atoms with Crippen LogP contribution in [0.2, 0.25) is 0 Å². The largest absolute Gasteiger partial charge is 0.481 e. The van der Waals surface area contributed by atoms with E-state index in [-0.39, 0.29) is 5.91 Å². The molecule has 0 spiro atoms. The number of hydrogen-bond acceptors (Lipinski definition) is 6. The second-order valence-corrected chi connectivity index (χ2v) is 6.87. The highest BCUT2D eigenvalue weighted by Gasteiger charge is 2.16. The number of esters is 1. The summed E-state index contributed by atoms with van der Waals surface area (Å²) in [5.41, 5.74) is 1.71. The van der Waals surface area contributed by atoms with Gasteiger partial charge >= 0.3 is 11.6 Å². The molecule has 7 nitrogen and oxygen atoms in total. The van der Waals surface area contributed by atoms with Gasteiger partial charge in [-0.1, -0.05) is 6.92 Å². The lowest BCUT2D eigenvalue weighted by Crippen LogP contribution is -2.30. The standard InChI is InChI=1S/C23H23NO6/c1-4-11-28-23(27)16-5-7-17(8-6-16)24-22(26)15(3)29-18-9-10-19-14(2)12-21(25)30-20(19)13-18/h5-10,12-13,15H,4,11H2,1-3H3,(H,24,26)/t15-/m0/s1. The smallest absolute Gasteiger partial charge is 0.338 e. The normalized spacial score (nSPS) is 11.7. The van der Waals surface area contributed by atoms with Crippen LogP contribution in [0.1, 0.15) is 36.2 Å². The van der Waals surface area contributed by atoms with E-state index >= 15 is 0 Å². The highest BCUT2D eigenvalue weighted by Crippen LogP contribution is 2.23. The molecule has 0 saturated heterocycles. The van der Waals surface area contributed by atoms with Gasteiger partial charge in [-0.25, -0.2) is 9.59 Å². The third-order valence-electron chi connectivity index (χ3n) is 4.43. The number of fused-ring (bicyclic) bond motifs is 1. The first-order chi connectivity index (χ1) is 14.4. The van der Waals surface area contributed by atoms with E-state index in [2.05, 4.69) is 5.32 Å². The summed E-state index contributed by atoms with van der Waals surface area (Å²) in [5.74, 6) is -0.348. The van der Waals surface area contributed by atoms with Crippen LogP contribution in [0, 0.1) is 6.92 Å². The molecule has 1 amide bonds. The zero-order valence-electron chi connectivity index (χ0n) is 17.1. The molecular formula is C23H23NO6. The number of hydrogen-bond donors (Lipinski definition) is 1. The molecule has 1 aromatic heterocycles. The summed E-state index contributed by atoms with van der Waals surface area (Å²) in [6, 6.07) is 12.9. The summed E-state index contributed by atoms with van der Waals surface area (Å²) in [7, 11) is 0. The predicted molar refractivity (Wildman–Crippen MR) is 113 cm³/mol. The molecule has 0 bridgehead atoms. The van der Waals surface area contributed by atoms with E-state index in [1.165, 1.54) is 6.07 Å². The lowest BCUT2D eigenvalue weighted by molar-refractivity contribution is -0.122. The van der Waals surface area contributed by atoms with Crippen LogP contribution in [-0.2, 0) is 9.53 Å². The molecule has 156 valence electrons. The number of benzene rings is 2. The van der Waals surface area contributed by atoms with E-state index in [1.807, 2.05) is 13.8 Å². The van der Waals surface area contributed by atoms with Crippen molar-refractivity contribution in [2.24, 2.45) is 0 Å². The van der Waals surface area contributed by atoms with Crippen molar-refractivity contribution in [1.82, 2.24) is 0 Å². The number of anilines is 1. The van der Waals surface area contributed by atoms with Gasteiger partial charge in [0, 0.05) is 23.2 Å². The number of aryl methyl sites for hydroxylation is 1. The Kier molecular flexibility index (Phi) is 6.51. The quantitative estimate of drug-likeness (QED) is 0.467. The predicted octanol–water partition coefficient (Wildman–Crippen LogP) is 4.07. The number of nitrogens with one attached hydrogen (secondary N) is 1. The van der Waals surface area contributed by atoms with Crippen molar-refractivity contribution in [2.75, 3.05) is 11.9 Å². The van der Waals surface area contributed by atoms with Gasteiger partial charge in [0.25, 0.3) is 5.91 Å². The third kappa shape index (κ3) is 5.05. The van der Waals surface area contributed by atoms with Crippen LogP contribution < -0.4 is 15.7 Å². The second-order valence-electron chi connectivity index (χ2n) is 6.87. The number of carbonyl (C=O) groups is 2. The van der Waals surface area contributed by atoms with Gasteiger partial charge in [-0.3, -0.25) is 4.79 Å². The van der Waals surface area contributed by atoms with Gasteiger partial charge in [-0.15, -0.1) is 0 Å². The first-order valence-corrected chi connectivity index (χ1v) is 9.66. The Morgan fingerprint density at radius 1 is 1.10 bits per heavy atom. The van der Waals surface area contributed by atoms with Crippen LogP contribution in [0.5, 0.6) is 5.75 Å². The minimum Gasteiger partial charge on any atom is -0.481 e. The average Bonchev–Trinajstić information content (AvgIpc) is 2.72. The average molecular weight is 409 g/mol. The van der Waals surface area contributed by atoms with E-state index in [0.717, 1.165) is 17.4 Å². The molecule has 7 heteroatoms. The van der Waals surface area contributed by atoms with Crippen molar-refractivity contribution in [3.63, 3.8) is 0 Å². The highest BCUT2D eigenvalue weighted by atomic mass is 16.5. The molecule has 1 heterocycles. The van der Waals surface area contributed by atoms with Crippen LogP contribution in [0.3, 0.4) is 0 Å². The molecule has 0 aliphatic carbocycles. The fourth-order valence-electron chi connectivity index (χ4n) is 2.85. The van der Waals surface area contributed by atoms with Gasteiger partial charge in [0.2, 0.25) is 0 Å². The molecule has 3 aromatic rings. The second kappa shape index (κ2) is 9.26. The Morgan fingerprint density at radius 2 is 1.83 bits per heavy atom. The Balaban J connectivity index is 1.64. The van der Waals surface area contributed by atoms with Crippen molar-refractivity contribution in [1.29, 1.82) is 0 Å². The molecule has 0 unspecified atom stereocenters. The molecule has 0 aliphatic rings. The van der Waals surface area contributed by atoms with Crippen molar-refractivity contribution in [3.8, 4) is 5.75 Å². The zero-order chi connectivity index (χ0) is 21.7. The van der Waals surface area contributed by atoms with Gasteiger partial charge in [-0.05, 0) is 62.2 Å². The molecule has 30 heavy (non-hydrogen) atoms. The van der Waals surface area contributed by atoms with Crippen LogP contribution in [-0.4, -0.2) is 24.6 Å². The van der Waals surface area contributed by atoms with Gasteiger partial charge in [0.05, 0.1) is 12.2 Å². The highest BCUT2D eigenvalue weighted by molar-refractivity contribution is 5.95. The van der Waals surface area contributed by atoms with Gasteiger partial charge in [0.1, 0.15) is 11.3 Å². The number of carbonyl (C=O) groups excluding carboxylic acids is 2. The van der Waals surface area contributed by atoms with Crippen molar-refractivity contribution >= 4 is 28.5 Å². The van der Waals surface area contributed by atoms with Crippen LogP contribution in [0.25, 0.3) is 11.0 Å². The molecule has 3 rings (SSSR count). The summed E-state index contributed by atoms with van der Waals surface area (Å²) >= 11 is 0. The van der Waals surface area contributed by atoms with Gasteiger partial charge < -0.3 is 19.2 Å². The van der Waals surface area contributed by atoms with E-state index in [9.17, 15) is 14.4 Å². The number of ether oxygens (including phenoxy) is 2. The maximum atomic E-state index is 12.4. The van der Waals surface area contributed by atoms with Crippen molar-refractivity contribution in [2.45, 2.75) is 33.3 Å². The molecule has 0 saturated carbocycles. The summed E-state index contributed by atoms with van der Waals surface area (Å²) in [5, 5.41) is 3.54. The van der Waals surface area contributed by atoms with Crippen LogP contribution in [0.4, 0.5) is 5.69 Å². The fraction of sp³-hybridized carbons (Fsp3) is 0.261. The number of rotatable bonds is 7. The first-order valence-electron chi connectivity index (χ1n) is 9.66. The van der Waals surface area contributed by atoms with Crippen LogP contribution in [0.15, 0.2) is 57.7 Å². The third-order valence-corrected chi connectivity index (χ3v) is 4.43. The summed E-state index contributed by atoms with van der Waals surface area (Å²) < 4.78 is 16.0. The monoisotopic (exact) mass is 409 g/mol. The van der Waals surface area contributed by atoms with Gasteiger partial charge in [-0.2, -0.15) is 0 Å². The Bertz CT molecular complexity index is 1120. The molecule has 1 N–H and O–H groups in total. The first kappa shape index (κ1) is 21.1. The van der Waals surface area contributed by atoms with E-state index in [4.69, 9.17) is 13.9 Å². The number of amides is 1. The lowest BCUT2D eigenvalue weighted by Gasteiger charge is -2.15. The summed E-state index contributed by atoms with van der Waals surface area (Å²) in [6.07, 6.45) is -0.0473. The Labute approximate surface area is 173 Å². The van der Waals surface area contributed by atoms with E-state index < -0.39 is 17.7 Å². The van der Waals surface area contributed by atoms with Crippen molar-refractivity contribution < 1.29 is 23.5 Å².